The molecule has 0 aliphatic heterocycles. The Labute approximate surface area is 157 Å². The average molecular weight is 369 g/mol. The molecule has 0 aliphatic rings. The molecule has 0 fully saturated rings. The molecule has 2 aromatic heterocycles. The van der Waals surface area contributed by atoms with Gasteiger partial charge in [0.15, 0.2) is 5.78 Å². The monoisotopic (exact) mass is 368 g/mol. The molecule has 3 aromatic rings. The first-order valence-electron chi connectivity index (χ1n) is 9.07. The molecule has 5 heteroatoms. The third-order valence-electron chi connectivity index (χ3n) is 4.73. The van der Waals surface area contributed by atoms with Gasteiger partial charge < -0.3 is 0 Å². The van der Waals surface area contributed by atoms with Crippen LogP contribution < -0.4 is 5.56 Å². The standard InChI is InChI=1S/C21H24N2O2S/c1-5-7-19-22-20-17(11-16(6-2)26-20)21(25)23(19)12-18(24)15-9-8-13(3)14(4)10-15/h8-11H,5-7,12H2,1-4H3. The van der Waals surface area contributed by atoms with Crippen LogP contribution in [0.25, 0.3) is 10.2 Å². The first kappa shape index (κ1) is 18.5. The fraction of sp³-hybridized carbons (Fsp3) is 0.381. The maximum absolute atomic E-state index is 13.0. The summed E-state index contributed by atoms with van der Waals surface area (Å²) in [4.78, 5) is 32.4. The minimum absolute atomic E-state index is 0.0386. The zero-order valence-corrected chi connectivity index (χ0v) is 16.6. The highest BCUT2D eigenvalue weighted by Crippen LogP contribution is 2.22. The van der Waals surface area contributed by atoms with E-state index in [4.69, 9.17) is 4.98 Å². The second-order valence-electron chi connectivity index (χ2n) is 6.68. The molecule has 0 aliphatic carbocycles. The summed E-state index contributed by atoms with van der Waals surface area (Å²) in [6.07, 6.45) is 2.44. The molecule has 136 valence electrons. The van der Waals surface area contributed by atoms with Crippen molar-refractivity contribution in [3.05, 3.63) is 62.0 Å². The Hall–Kier alpha value is -2.27. The van der Waals surface area contributed by atoms with Crippen molar-refractivity contribution >= 4 is 27.3 Å². The van der Waals surface area contributed by atoms with Crippen molar-refractivity contribution in [2.45, 2.75) is 53.5 Å². The molecule has 0 atom stereocenters. The Kier molecular flexibility index (Phi) is 5.37. The summed E-state index contributed by atoms with van der Waals surface area (Å²) < 4.78 is 1.56. The number of rotatable bonds is 6. The van der Waals surface area contributed by atoms with E-state index in [9.17, 15) is 9.59 Å². The summed E-state index contributed by atoms with van der Waals surface area (Å²) in [5, 5.41) is 0.625. The van der Waals surface area contributed by atoms with E-state index in [1.165, 1.54) is 0 Å². The lowest BCUT2D eigenvalue weighted by Gasteiger charge is -2.12. The largest absolute Gasteiger partial charge is 0.292 e. The fourth-order valence-electron chi connectivity index (χ4n) is 3.01. The zero-order valence-electron chi connectivity index (χ0n) is 15.8. The van der Waals surface area contributed by atoms with Crippen molar-refractivity contribution < 1.29 is 4.79 Å². The van der Waals surface area contributed by atoms with Gasteiger partial charge in [-0.05, 0) is 49.9 Å². The zero-order chi connectivity index (χ0) is 18.8. The Morgan fingerprint density at radius 1 is 1.15 bits per heavy atom. The summed E-state index contributed by atoms with van der Waals surface area (Å²) in [6.45, 7) is 8.17. The van der Waals surface area contributed by atoms with E-state index in [2.05, 4.69) is 13.8 Å². The molecule has 0 bridgehead atoms. The number of hydrogen-bond acceptors (Lipinski definition) is 4. The van der Waals surface area contributed by atoms with Crippen molar-refractivity contribution in [2.75, 3.05) is 0 Å². The molecular formula is C21H24N2O2S. The van der Waals surface area contributed by atoms with Crippen molar-refractivity contribution in [3.63, 3.8) is 0 Å². The molecule has 0 saturated carbocycles. The smallest absolute Gasteiger partial charge is 0.262 e. The van der Waals surface area contributed by atoms with Gasteiger partial charge in [-0.25, -0.2) is 4.98 Å². The molecule has 4 nitrogen and oxygen atoms in total. The highest BCUT2D eigenvalue weighted by molar-refractivity contribution is 7.18. The van der Waals surface area contributed by atoms with E-state index in [0.29, 0.717) is 23.2 Å². The Bertz CT molecular complexity index is 1030. The first-order valence-corrected chi connectivity index (χ1v) is 9.88. The van der Waals surface area contributed by atoms with Crippen LogP contribution in [0, 0.1) is 13.8 Å². The molecule has 0 unspecified atom stereocenters. The lowest BCUT2D eigenvalue weighted by molar-refractivity contribution is 0.0969. The van der Waals surface area contributed by atoms with Gasteiger partial charge in [0.25, 0.3) is 5.56 Å². The Balaban J connectivity index is 2.05. The molecule has 2 heterocycles. The van der Waals surface area contributed by atoms with Crippen molar-refractivity contribution in [1.29, 1.82) is 0 Å². The maximum atomic E-state index is 13.0. The molecule has 26 heavy (non-hydrogen) atoms. The fourth-order valence-corrected chi connectivity index (χ4v) is 3.99. The van der Waals surface area contributed by atoms with E-state index in [1.807, 2.05) is 38.1 Å². The normalized spacial score (nSPS) is 11.2. The van der Waals surface area contributed by atoms with Gasteiger partial charge in [0.1, 0.15) is 10.7 Å². The number of hydrogen-bond donors (Lipinski definition) is 0. The third-order valence-corrected chi connectivity index (χ3v) is 5.91. The molecule has 0 saturated heterocycles. The third kappa shape index (κ3) is 3.49. The molecule has 0 radical (unpaired) electrons. The lowest BCUT2D eigenvalue weighted by Crippen LogP contribution is -2.28. The summed E-state index contributed by atoms with van der Waals surface area (Å²) >= 11 is 1.57. The quantitative estimate of drug-likeness (QED) is 0.603. The van der Waals surface area contributed by atoms with Gasteiger partial charge in [0, 0.05) is 16.9 Å². The number of Topliss-reactive ketones (excluding diaryl/α,β-unsaturated/α-hetero) is 1. The maximum Gasteiger partial charge on any atom is 0.262 e. The number of aryl methyl sites for hydroxylation is 4. The Morgan fingerprint density at radius 2 is 1.92 bits per heavy atom. The van der Waals surface area contributed by atoms with Crippen molar-refractivity contribution in [2.24, 2.45) is 0 Å². The van der Waals surface area contributed by atoms with Gasteiger partial charge in [-0.1, -0.05) is 26.0 Å². The van der Waals surface area contributed by atoms with Crippen LogP contribution >= 0.6 is 11.3 Å². The summed E-state index contributed by atoms with van der Waals surface area (Å²) in [7, 11) is 0. The number of aromatic nitrogens is 2. The molecular weight excluding hydrogens is 344 g/mol. The number of ketones is 1. The second-order valence-corrected chi connectivity index (χ2v) is 7.79. The number of carbonyl (C=O) groups is 1. The van der Waals surface area contributed by atoms with Crippen LogP contribution in [-0.2, 0) is 19.4 Å². The number of thiophene rings is 1. The van der Waals surface area contributed by atoms with Gasteiger partial charge in [0.05, 0.1) is 11.9 Å². The molecule has 1 aromatic carbocycles. The van der Waals surface area contributed by atoms with Crippen LogP contribution in [0.3, 0.4) is 0 Å². The van der Waals surface area contributed by atoms with E-state index >= 15 is 0 Å². The predicted octanol–water partition coefficient (Wildman–Crippen LogP) is 4.47. The average Bonchev–Trinajstić information content (AvgIpc) is 3.04. The second kappa shape index (κ2) is 7.54. The summed E-state index contributed by atoms with van der Waals surface area (Å²) in [5.74, 6) is 0.645. The van der Waals surface area contributed by atoms with Gasteiger partial charge in [-0.15, -0.1) is 11.3 Å². The summed E-state index contributed by atoms with van der Waals surface area (Å²) in [6, 6.07) is 7.60. The van der Waals surface area contributed by atoms with Gasteiger partial charge in [0.2, 0.25) is 0 Å². The predicted molar refractivity (Wildman–Crippen MR) is 107 cm³/mol. The first-order chi connectivity index (χ1) is 12.4. The highest BCUT2D eigenvalue weighted by atomic mass is 32.1. The number of benzene rings is 1. The van der Waals surface area contributed by atoms with Crippen LogP contribution in [0.2, 0.25) is 0 Å². The van der Waals surface area contributed by atoms with Gasteiger partial charge in [-0.3, -0.25) is 14.2 Å². The highest BCUT2D eigenvalue weighted by Gasteiger charge is 2.17. The van der Waals surface area contributed by atoms with Crippen LogP contribution in [0.1, 0.15) is 52.5 Å². The topological polar surface area (TPSA) is 52.0 Å². The Morgan fingerprint density at radius 3 is 2.58 bits per heavy atom. The number of carbonyl (C=O) groups excluding carboxylic acids is 1. The van der Waals surface area contributed by atoms with E-state index in [0.717, 1.165) is 33.7 Å². The van der Waals surface area contributed by atoms with E-state index < -0.39 is 0 Å². The van der Waals surface area contributed by atoms with E-state index in [-0.39, 0.29) is 17.9 Å². The molecule has 0 spiro atoms. The van der Waals surface area contributed by atoms with Crippen LogP contribution in [0.15, 0.2) is 29.1 Å². The van der Waals surface area contributed by atoms with Crippen LogP contribution in [-0.4, -0.2) is 15.3 Å². The minimum atomic E-state index is -0.105. The lowest BCUT2D eigenvalue weighted by atomic mass is 10.0. The van der Waals surface area contributed by atoms with Crippen molar-refractivity contribution in [3.8, 4) is 0 Å². The van der Waals surface area contributed by atoms with Gasteiger partial charge >= 0.3 is 0 Å². The molecule has 3 rings (SSSR count). The van der Waals surface area contributed by atoms with Crippen LogP contribution in [0.5, 0.6) is 0 Å². The minimum Gasteiger partial charge on any atom is -0.292 e. The number of fused-ring (bicyclic) bond motifs is 1. The SMILES string of the molecule is CCCc1nc2sc(CC)cc2c(=O)n1CC(=O)c1ccc(C)c(C)c1. The molecule has 0 N–H and O–H groups in total. The van der Waals surface area contributed by atoms with Crippen LogP contribution in [0.4, 0.5) is 0 Å². The number of nitrogens with zero attached hydrogens (tertiary/aromatic N) is 2. The van der Waals surface area contributed by atoms with Gasteiger partial charge in [-0.2, -0.15) is 0 Å². The molecule has 0 amide bonds. The van der Waals surface area contributed by atoms with E-state index in [1.54, 1.807) is 15.9 Å². The van der Waals surface area contributed by atoms with Crippen molar-refractivity contribution in [1.82, 2.24) is 9.55 Å². The summed E-state index contributed by atoms with van der Waals surface area (Å²) in [5.41, 5.74) is 2.77.